The van der Waals surface area contributed by atoms with Crippen LogP contribution in [0.25, 0.3) is 0 Å². The second kappa shape index (κ2) is 9.07. The maximum absolute atomic E-state index is 12.0. The summed E-state index contributed by atoms with van der Waals surface area (Å²) in [6, 6.07) is 15.1. The number of rotatable bonds is 8. The summed E-state index contributed by atoms with van der Waals surface area (Å²) in [6.07, 6.45) is 2.70. The van der Waals surface area contributed by atoms with Gasteiger partial charge in [-0.1, -0.05) is 24.3 Å². The highest BCUT2D eigenvalue weighted by Gasteiger charge is 2.29. The first-order valence-electron chi connectivity index (χ1n) is 9.18. The number of urea groups is 1. The molecule has 0 atom stereocenters. The van der Waals surface area contributed by atoms with Gasteiger partial charge in [0.15, 0.2) is 0 Å². The maximum atomic E-state index is 12.0. The van der Waals surface area contributed by atoms with Crippen LogP contribution < -0.4 is 20.7 Å². The smallest absolute Gasteiger partial charge is 0.315 e. The molecule has 3 amide bonds. The van der Waals surface area contributed by atoms with Gasteiger partial charge >= 0.3 is 6.03 Å². The maximum Gasteiger partial charge on any atom is 0.315 e. The topological polar surface area (TPSA) is 79.5 Å². The Balaban J connectivity index is 1.38. The molecule has 0 radical (unpaired) electrons. The normalized spacial score (nSPS) is 12.9. The Morgan fingerprint density at radius 3 is 2.52 bits per heavy atom. The van der Waals surface area contributed by atoms with E-state index in [0.717, 1.165) is 41.8 Å². The summed E-state index contributed by atoms with van der Waals surface area (Å²) < 4.78 is 5.13. The molecule has 3 N–H and O–H groups in total. The Bertz CT molecular complexity index is 786. The van der Waals surface area contributed by atoms with Crippen molar-refractivity contribution in [2.45, 2.75) is 25.8 Å². The van der Waals surface area contributed by atoms with Crippen molar-refractivity contribution in [1.29, 1.82) is 0 Å². The van der Waals surface area contributed by atoms with Crippen LogP contribution in [0.2, 0.25) is 0 Å². The standard InChI is InChI=1S/C21H25N3O3/c1-27-19-9-5-15(6-10-19)11-12-22-21(26)23-14-16-3-2-4-18(13-16)24-20(25)17-7-8-17/h2-6,9-10,13,17H,7-8,11-12,14H2,1H3,(H,24,25)(H2,22,23,26). The number of carbonyl (C=O) groups excluding carboxylic acids is 2. The van der Waals surface area contributed by atoms with Gasteiger partial charge in [-0.15, -0.1) is 0 Å². The minimum Gasteiger partial charge on any atom is -0.497 e. The molecule has 0 spiro atoms. The fraction of sp³-hybridized carbons (Fsp3) is 0.333. The predicted octanol–water partition coefficient (Wildman–Crippen LogP) is 3.09. The Hall–Kier alpha value is -3.02. The van der Waals surface area contributed by atoms with E-state index in [4.69, 9.17) is 4.74 Å². The average molecular weight is 367 g/mol. The molecule has 0 bridgehead atoms. The third-order valence-electron chi connectivity index (χ3n) is 4.45. The van der Waals surface area contributed by atoms with Gasteiger partial charge in [0, 0.05) is 24.7 Å². The minimum absolute atomic E-state index is 0.0800. The lowest BCUT2D eigenvalue weighted by Gasteiger charge is -2.10. The van der Waals surface area contributed by atoms with Gasteiger partial charge in [0.1, 0.15) is 5.75 Å². The number of hydrogen-bond donors (Lipinski definition) is 3. The molecule has 27 heavy (non-hydrogen) atoms. The van der Waals surface area contributed by atoms with Gasteiger partial charge in [-0.2, -0.15) is 0 Å². The third kappa shape index (κ3) is 6.02. The molecule has 6 heteroatoms. The largest absolute Gasteiger partial charge is 0.497 e. The number of carbonyl (C=O) groups is 2. The molecular weight excluding hydrogens is 342 g/mol. The molecule has 142 valence electrons. The Morgan fingerprint density at radius 2 is 1.81 bits per heavy atom. The summed E-state index contributed by atoms with van der Waals surface area (Å²) in [6.45, 7) is 0.956. The molecule has 6 nitrogen and oxygen atoms in total. The lowest BCUT2D eigenvalue weighted by Crippen LogP contribution is -2.36. The molecule has 1 fully saturated rings. The highest BCUT2D eigenvalue weighted by molar-refractivity contribution is 5.94. The van der Waals surface area contributed by atoms with Crippen molar-refractivity contribution < 1.29 is 14.3 Å². The average Bonchev–Trinajstić information content (AvgIpc) is 3.53. The zero-order valence-electron chi connectivity index (χ0n) is 15.5. The predicted molar refractivity (Wildman–Crippen MR) is 105 cm³/mol. The van der Waals surface area contributed by atoms with Crippen molar-refractivity contribution in [3.8, 4) is 5.75 Å². The number of nitrogens with one attached hydrogen (secondary N) is 3. The van der Waals surface area contributed by atoms with Crippen LogP contribution in [0.3, 0.4) is 0 Å². The molecule has 3 rings (SSSR count). The number of amides is 3. The molecule has 1 aliphatic carbocycles. The lowest BCUT2D eigenvalue weighted by atomic mass is 10.1. The van der Waals surface area contributed by atoms with Crippen molar-refractivity contribution in [3.05, 3.63) is 59.7 Å². The van der Waals surface area contributed by atoms with Gasteiger partial charge in [-0.05, 0) is 54.7 Å². The van der Waals surface area contributed by atoms with Gasteiger partial charge in [-0.25, -0.2) is 4.79 Å². The van der Waals surface area contributed by atoms with E-state index < -0.39 is 0 Å². The number of benzene rings is 2. The van der Waals surface area contributed by atoms with Gasteiger partial charge in [0.25, 0.3) is 0 Å². The summed E-state index contributed by atoms with van der Waals surface area (Å²) in [5.41, 5.74) is 2.84. The quantitative estimate of drug-likeness (QED) is 0.671. The van der Waals surface area contributed by atoms with Crippen LogP contribution in [0, 0.1) is 5.92 Å². The van der Waals surface area contributed by atoms with E-state index in [1.54, 1.807) is 7.11 Å². The van der Waals surface area contributed by atoms with Crippen molar-refractivity contribution >= 4 is 17.6 Å². The van der Waals surface area contributed by atoms with E-state index in [-0.39, 0.29) is 17.9 Å². The number of methoxy groups -OCH3 is 1. The summed E-state index contributed by atoms with van der Waals surface area (Å²) in [5, 5.41) is 8.60. The zero-order chi connectivity index (χ0) is 19.1. The van der Waals surface area contributed by atoms with Gasteiger partial charge in [-0.3, -0.25) is 4.79 Å². The van der Waals surface area contributed by atoms with E-state index in [0.29, 0.717) is 13.1 Å². The van der Waals surface area contributed by atoms with E-state index >= 15 is 0 Å². The minimum atomic E-state index is -0.212. The van der Waals surface area contributed by atoms with Gasteiger partial charge < -0.3 is 20.7 Å². The summed E-state index contributed by atoms with van der Waals surface area (Å²) in [5.74, 6) is 1.07. The van der Waals surface area contributed by atoms with Crippen molar-refractivity contribution in [2.24, 2.45) is 5.92 Å². The first-order valence-corrected chi connectivity index (χ1v) is 9.18. The molecule has 1 saturated carbocycles. The molecule has 0 aromatic heterocycles. The number of anilines is 1. The highest BCUT2D eigenvalue weighted by Crippen LogP contribution is 2.30. The summed E-state index contributed by atoms with van der Waals surface area (Å²) >= 11 is 0. The van der Waals surface area contributed by atoms with Crippen LogP contribution in [0.5, 0.6) is 5.75 Å². The van der Waals surface area contributed by atoms with E-state index in [2.05, 4.69) is 16.0 Å². The molecular formula is C21H25N3O3. The fourth-order valence-corrected chi connectivity index (χ4v) is 2.71. The second-order valence-corrected chi connectivity index (χ2v) is 6.67. The van der Waals surface area contributed by atoms with Crippen molar-refractivity contribution in [2.75, 3.05) is 19.0 Å². The fourth-order valence-electron chi connectivity index (χ4n) is 2.71. The van der Waals surface area contributed by atoms with Crippen LogP contribution in [0.4, 0.5) is 10.5 Å². The van der Waals surface area contributed by atoms with Crippen LogP contribution in [0.1, 0.15) is 24.0 Å². The number of hydrogen-bond acceptors (Lipinski definition) is 3. The summed E-state index contributed by atoms with van der Waals surface area (Å²) in [4.78, 5) is 23.8. The molecule has 0 heterocycles. The Labute approximate surface area is 159 Å². The van der Waals surface area contributed by atoms with Crippen molar-refractivity contribution in [1.82, 2.24) is 10.6 Å². The Kier molecular flexibility index (Phi) is 6.30. The Morgan fingerprint density at radius 1 is 1.04 bits per heavy atom. The monoisotopic (exact) mass is 367 g/mol. The third-order valence-corrected chi connectivity index (χ3v) is 4.45. The van der Waals surface area contributed by atoms with Crippen LogP contribution in [0.15, 0.2) is 48.5 Å². The van der Waals surface area contributed by atoms with Crippen molar-refractivity contribution in [3.63, 3.8) is 0 Å². The first-order chi connectivity index (χ1) is 13.1. The zero-order valence-corrected chi connectivity index (χ0v) is 15.5. The van der Waals surface area contributed by atoms with Crippen LogP contribution in [-0.2, 0) is 17.8 Å². The first kappa shape index (κ1) is 18.8. The van der Waals surface area contributed by atoms with E-state index in [1.807, 2.05) is 48.5 Å². The molecule has 0 saturated heterocycles. The molecule has 0 aliphatic heterocycles. The van der Waals surface area contributed by atoms with Gasteiger partial charge in [0.2, 0.25) is 5.91 Å². The van der Waals surface area contributed by atoms with Crippen LogP contribution >= 0.6 is 0 Å². The highest BCUT2D eigenvalue weighted by atomic mass is 16.5. The molecule has 2 aromatic rings. The summed E-state index contributed by atoms with van der Waals surface area (Å²) in [7, 11) is 1.64. The molecule has 0 unspecified atom stereocenters. The molecule has 1 aliphatic rings. The number of ether oxygens (including phenoxy) is 1. The molecule has 2 aromatic carbocycles. The van der Waals surface area contributed by atoms with E-state index in [9.17, 15) is 9.59 Å². The van der Waals surface area contributed by atoms with Gasteiger partial charge in [0.05, 0.1) is 7.11 Å². The van der Waals surface area contributed by atoms with Crippen LogP contribution in [-0.4, -0.2) is 25.6 Å². The second-order valence-electron chi connectivity index (χ2n) is 6.67. The lowest BCUT2D eigenvalue weighted by molar-refractivity contribution is -0.117. The van der Waals surface area contributed by atoms with E-state index in [1.165, 1.54) is 0 Å². The SMILES string of the molecule is COc1ccc(CCNC(=O)NCc2cccc(NC(=O)C3CC3)c2)cc1.